The maximum atomic E-state index is 13.3. The minimum absolute atomic E-state index is 0.0415. The molecule has 2 heterocycles. The number of aromatic nitrogens is 2. The first kappa shape index (κ1) is 22.8. The second kappa shape index (κ2) is 9.48. The van der Waals surface area contributed by atoms with Crippen LogP contribution in [-0.4, -0.2) is 41.6 Å². The fraction of sp³-hybridized carbons (Fsp3) is 0.500. The largest absolute Gasteiger partial charge is 0.383 e. The first-order valence-corrected chi connectivity index (χ1v) is 10.9. The fourth-order valence-corrected chi connectivity index (χ4v) is 3.96. The minimum Gasteiger partial charge on any atom is -0.383 e. The van der Waals surface area contributed by atoms with E-state index in [1.54, 1.807) is 12.1 Å². The topological polar surface area (TPSA) is 140 Å². The molecular formula is C20H27N5O5S. The van der Waals surface area contributed by atoms with Gasteiger partial charge in [-0.25, -0.2) is 4.79 Å². The van der Waals surface area contributed by atoms with Crippen molar-refractivity contribution in [1.82, 2.24) is 9.55 Å². The lowest BCUT2D eigenvalue weighted by molar-refractivity contribution is -0.117. The number of rotatable bonds is 9. The number of carbonyl (C=O) groups excluding carboxylic acids is 2. The molecule has 0 radical (unpaired) electrons. The number of aromatic amines is 1. The number of amides is 2. The molecule has 1 aliphatic carbocycles. The summed E-state index contributed by atoms with van der Waals surface area (Å²) in [5, 5.41) is 3.36. The van der Waals surface area contributed by atoms with E-state index in [0.29, 0.717) is 9.88 Å². The van der Waals surface area contributed by atoms with Crippen molar-refractivity contribution in [3.05, 3.63) is 37.8 Å². The van der Waals surface area contributed by atoms with Crippen LogP contribution in [0.3, 0.4) is 0 Å². The highest BCUT2D eigenvalue weighted by molar-refractivity contribution is 7.18. The number of ether oxygens (including phenoxy) is 1. The van der Waals surface area contributed by atoms with Crippen LogP contribution in [0.25, 0.3) is 0 Å². The smallest absolute Gasteiger partial charge is 0.330 e. The Labute approximate surface area is 183 Å². The summed E-state index contributed by atoms with van der Waals surface area (Å²) < 4.78 is 6.35. The molecule has 4 N–H and O–H groups in total. The van der Waals surface area contributed by atoms with Gasteiger partial charge in [0.1, 0.15) is 5.82 Å². The van der Waals surface area contributed by atoms with Gasteiger partial charge in [-0.1, -0.05) is 13.8 Å². The SMILES string of the molecule is COCCN(C(=O)c1ccc(NC(=O)C2CC2)s1)c1c(N)n(CC(C)C)c(=O)[nH]c1=O. The van der Waals surface area contributed by atoms with E-state index in [0.717, 1.165) is 24.2 Å². The third-order valence-corrected chi connectivity index (χ3v) is 5.80. The standard InChI is InChI=1S/C20H27N5O5S/c1-11(2)10-25-16(21)15(18(27)23-20(25)29)24(8-9-30-3)19(28)13-6-7-14(31-13)22-17(26)12-4-5-12/h6-7,11-12H,4-5,8-10,21H2,1-3H3,(H,22,26)(H,23,27,29). The molecule has 1 saturated carbocycles. The lowest BCUT2D eigenvalue weighted by atomic mass is 10.2. The number of nitrogens with one attached hydrogen (secondary N) is 2. The van der Waals surface area contributed by atoms with E-state index < -0.39 is 17.2 Å². The zero-order valence-corrected chi connectivity index (χ0v) is 18.6. The molecule has 10 nitrogen and oxygen atoms in total. The maximum Gasteiger partial charge on any atom is 0.330 e. The van der Waals surface area contributed by atoms with E-state index in [2.05, 4.69) is 10.3 Å². The molecule has 31 heavy (non-hydrogen) atoms. The first-order chi connectivity index (χ1) is 14.7. The summed E-state index contributed by atoms with van der Waals surface area (Å²) in [5.41, 5.74) is 4.72. The molecule has 0 atom stereocenters. The fourth-order valence-electron chi connectivity index (χ4n) is 3.10. The number of methoxy groups -OCH3 is 1. The molecule has 1 aliphatic rings. The number of nitrogens with two attached hydrogens (primary N) is 1. The number of carbonyl (C=O) groups is 2. The Kier molecular flexibility index (Phi) is 6.96. The second-order valence-electron chi connectivity index (χ2n) is 7.87. The monoisotopic (exact) mass is 449 g/mol. The summed E-state index contributed by atoms with van der Waals surface area (Å²) in [6.45, 7) is 4.33. The Morgan fingerprint density at radius 1 is 1.35 bits per heavy atom. The molecule has 168 valence electrons. The first-order valence-electron chi connectivity index (χ1n) is 10.1. The number of nitrogen functional groups attached to an aromatic ring is 1. The van der Waals surface area contributed by atoms with Crippen LogP contribution in [0, 0.1) is 11.8 Å². The van der Waals surface area contributed by atoms with Gasteiger partial charge in [-0.3, -0.25) is 28.8 Å². The molecule has 3 rings (SSSR count). The van der Waals surface area contributed by atoms with Gasteiger partial charge < -0.3 is 15.8 Å². The van der Waals surface area contributed by atoms with Crippen LogP contribution in [0.1, 0.15) is 36.4 Å². The Morgan fingerprint density at radius 3 is 2.68 bits per heavy atom. The van der Waals surface area contributed by atoms with Crippen LogP contribution in [0.15, 0.2) is 21.7 Å². The number of hydrogen-bond donors (Lipinski definition) is 3. The molecule has 0 aromatic carbocycles. The highest BCUT2D eigenvalue weighted by atomic mass is 32.1. The molecule has 11 heteroatoms. The number of H-pyrrole nitrogens is 1. The van der Waals surface area contributed by atoms with Gasteiger partial charge in [-0.15, -0.1) is 11.3 Å². The van der Waals surface area contributed by atoms with Crippen molar-refractivity contribution in [2.45, 2.75) is 33.2 Å². The zero-order chi connectivity index (χ0) is 22.7. The average molecular weight is 450 g/mol. The van der Waals surface area contributed by atoms with Crippen LogP contribution in [0.4, 0.5) is 16.5 Å². The minimum atomic E-state index is -0.745. The van der Waals surface area contributed by atoms with E-state index in [-0.39, 0.29) is 48.9 Å². The van der Waals surface area contributed by atoms with E-state index in [9.17, 15) is 19.2 Å². The van der Waals surface area contributed by atoms with Gasteiger partial charge in [0, 0.05) is 26.1 Å². The summed E-state index contributed by atoms with van der Waals surface area (Å²) in [6, 6.07) is 3.24. The number of nitrogens with zero attached hydrogens (tertiary/aromatic N) is 2. The molecule has 0 aliphatic heterocycles. The second-order valence-corrected chi connectivity index (χ2v) is 8.96. The lowest BCUT2D eigenvalue weighted by Crippen LogP contribution is -2.42. The van der Waals surface area contributed by atoms with Gasteiger partial charge in [-0.2, -0.15) is 0 Å². The third kappa shape index (κ3) is 5.23. The van der Waals surface area contributed by atoms with Gasteiger partial charge in [-0.05, 0) is 30.9 Å². The van der Waals surface area contributed by atoms with Crippen molar-refractivity contribution in [1.29, 1.82) is 0 Å². The maximum absolute atomic E-state index is 13.3. The Morgan fingerprint density at radius 2 is 2.06 bits per heavy atom. The van der Waals surface area contributed by atoms with Crippen molar-refractivity contribution in [2.75, 3.05) is 36.2 Å². The van der Waals surface area contributed by atoms with Crippen molar-refractivity contribution >= 4 is 39.7 Å². The number of hydrogen-bond acceptors (Lipinski definition) is 7. The van der Waals surface area contributed by atoms with Crippen LogP contribution in [0.2, 0.25) is 0 Å². The van der Waals surface area contributed by atoms with E-state index in [1.807, 2.05) is 13.8 Å². The number of anilines is 3. The average Bonchev–Trinajstić information content (AvgIpc) is 3.46. The molecule has 0 spiro atoms. The van der Waals surface area contributed by atoms with Gasteiger partial charge in [0.25, 0.3) is 11.5 Å². The quantitative estimate of drug-likeness (QED) is 0.530. The van der Waals surface area contributed by atoms with Crippen molar-refractivity contribution < 1.29 is 14.3 Å². The zero-order valence-electron chi connectivity index (χ0n) is 17.8. The molecule has 2 aromatic heterocycles. The van der Waals surface area contributed by atoms with Gasteiger partial charge in [0.15, 0.2) is 5.69 Å². The Balaban J connectivity index is 1.96. The van der Waals surface area contributed by atoms with Crippen LogP contribution < -0.4 is 27.2 Å². The molecular weight excluding hydrogens is 422 g/mol. The predicted octanol–water partition coefficient (Wildman–Crippen LogP) is 1.48. The van der Waals surface area contributed by atoms with Crippen LogP contribution >= 0.6 is 11.3 Å². The van der Waals surface area contributed by atoms with Crippen LogP contribution in [0.5, 0.6) is 0 Å². The summed E-state index contributed by atoms with van der Waals surface area (Å²) >= 11 is 1.12. The summed E-state index contributed by atoms with van der Waals surface area (Å²) in [6.07, 6.45) is 1.75. The van der Waals surface area contributed by atoms with Crippen molar-refractivity contribution in [3.63, 3.8) is 0 Å². The van der Waals surface area contributed by atoms with E-state index in [1.165, 1.54) is 16.6 Å². The van der Waals surface area contributed by atoms with Crippen molar-refractivity contribution in [2.24, 2.45) is 11.8 Å². The Hall–Kier alpha value is -2.92. The summed E-state index contributed by atoms with van der Waals surface area (Å²) in [4.78, 5) is 54.0. The molecule has 0 bridgehead atoms. The van der Waals surface area contributed by atoms with Crippen LogP contribution in [-0.2, 0) is 16.1 Å². The summed E-state index contributed by atoms with van der Waals surface area (Å²) in [5.74, 6) is -0.471. The highest BCUT2D eigenvalue weighted by Crippen LogP contribution is 2.32. The number of thiophene rings is 1. The van der Waals surface area contributed by atoms with Crippen molar-refractivity contribution in [3.8, 4) is 0 Å². The molecule has 2 amide bonds. The highest BCUT2D eigenvalue weighted by Gasteiger charge is 2.30. The lowest BCUT2D eigenvalue weighted by Gasteiger charge is -2.24. The molecule has 2 aromatic rings. The predicted molar refractivity (Wildman–Crippen MR) is 120 cm³/mol. The normalized spacial score (nSPS) is 13.4. The Bertz CT molecular complexity index is 1080. The third-order valence-electron chi connectivity index (χ3n) is 4.81. The molecule has 0 unspecified atom stereocenters. The van der Waals surface area contributed by atoms with Gasteiger partial charge in [0.05, 0.1) is 16.5 Å². The van der Waals surface area contributed by atoms with E-state index in [4.69, 9.17) is 10.5 Å². The van der Waals surface area contributed by atoms with Gasteiger partial charge in [0.2, 0.25) is 5.91 Å². The molecule has 1 fully saturated rings. The summed E-state index contributed by atoms with van der Waals surface area (Å²) in [7, 11) is 1.48. The van der Waals surface area contributed by atoms with Gasteiger partial charge >= 0.3 is 5.69 Å². The molecule has 0 saturated heterocycles. The van der Waals surface area contributed by atoms with E-state index >= 15 is 0 Å².